The highest BCUT2D eigenvalue weighted by atomic mass is 79.9. The van der Waals surface area contributed by atoms with Crippen LogP contribution in [0.15, 0.2) is 83.3 Å². The summed E-state index contributed by atoms with van der Waals surface area (Å²) in [6.07, 6.45) is 1.29. The fourth-order valence-corrected chi connectivity index (χ4v) is 5.78. The van der Waals surface area contributed by atoms with Crippen LogP contribution in [0.25, 0.3) is 0 Å². The second-order valence-electron chi connectivity index (χ2n) is 10.3. The highest BCUT2D eigenvalue weighted by molar-refractivity contribution is 9.10. The molecule has 208 valence electrons. The summed E-state index contributed by atoms with van der Waals surface area (Å²) in [7, 11) is -3.85. The number of hydrogen-bond donors (Lipinski definition) is 1. The summed E-state index contributed by atoms with van der Waals surface area (Å²) in [5.74, 6) is -0.866. The van der Waals surface area contributed by atoms with Crippen molar-refractivity contribution in [1.82, 2.24) is 10.2 Å². The van der Waals surface area contributed by atoms with Crippen molar-refractivity contribution in [3.8, 4) is 0 Å². The Morgan fingerprint density at radius 3 is 2.15 bits per heavy atom. The second-order valence-corrected chi connectivity index (χ2v) is 13.5. The highest BCUT2D eigenvalue weighted by Gasteiger charge is 2.34. The van der Waals surface area contributed by atoms with Crippen LogP contribution in [-0.4, -0.2) is 49.5 Å². The Kier molecular flexibility index (Phi) is 10.2. The van der Waals surface area contributed by atoms with Crippen LogP contribution in [0.3, 0.4) is 0 Å². The number of nitrogens with zero attached hydrogens (tertiary/aromatic N) is 2. The molecule has 0 aromatic heterocycles. The van der Waals surface area contributed by atoms with Gasteiger partial charge in [0.05, 0.1) is 11.9 Å². The van der Waals surface area contributed by atoms with Crippen LogP contribution < -0.4 is 9.62 Å². The summed E-state index contributed by atoms with van der Waals surface area (Å²) in [4.78, 5) is 29.2. The topological polar surface area (TPSA) is 86.8 Å². The Bertz CT molecular complexity index is 1410. The molecule has 0 radical (unpaired) electrons. The third-order valence-electron chi connectivity index (χ3n) is 5.81. The SMILES string of the molecule is CC(C)(C)NC(=O)[C@@H](Cc1ccccc1)N(Cc1cccc(Cl)c1)C(=O)CN(c1ccccc1Br)S(C)(=O)=O. The molecule has 0 aliphatic carbocycles. The third-order valence-corrected chi connectivity index (χ3v) is 7.84. The van der Waals surface area contributed by atoms with E-state index in [9.17, 15) is 18.0 Å². The first-order valence-corrected chi connectivity index (χ1v) is 15.4. The predicted molar refractivity (Wildman–Crippen MR) is 160 cm³/mol. The molecule has 0 unspecified atom stereocenters. The van der Waals surface area contributed by atoms with E-state index in [1.54, 1.807) is 42.5 Å². The third kappa shape index (κ3) is 9.08. The number of para-hydroxylation sites is 1. The summed E-state index contributed by atoms with van der Waals surface area (Å²) in [5.41, 5.74) is 1.35. The molecule has 0 aliphatic rings. The Hall–Kier alpha value is -2.88. The van der Waals surface area contributed by atoms with Gasteiger partial charge < -0.3 is 10.2 Å². The molecular weight excluding hydrogens is 602 g/mol. The van der Waals surface area contributed by atoms with Crippen LogP contribution in [0.5, 0.6) is 0 Å². The fourth-order valence-electron chi connectivity index (χ4n) is 4.09. The zero-order chi connectivity index (χ0) is 28.8. The quantitative estimate of drug-likeness (QED) is 0.323. The molecular formula is C29H33BrClN3O4S. The minimum Gasteiger partial charge on any atom is -0.350 e. The molecule has 2 amide bonds. The van der Waals surface area contributed by atoms with Gasteiger partial charge in [-0.25, -0.2) is 8.42 Å². The molecule has 0 saturated carbocycles. The molecule has 3 aromatic rings. The number of benzene rings is 3. The van der Waals surface area contributed by atoms with Gasteiger partial charge in [0.25, 0.3) is 0 Å². The van der Waals surface area contributed by atoms with Gasteiger partial charge in [-0.1, -0.05) is 66.2 Å². The fraction of sp³-hybridized carbons (Fsp3) is 0.310. The number of halogens is 2. The maximum absolute atomic E-state index is 14.1. The van der Waals surface area contributed by atoms with Crippen molar-refractivity contribution < 1.29 is 18.0 Å². The van der Waals surface area contributed by atoms with Crippen molar-refractivity contribution in [3.05, 3.63) is 99.5 Å². The van der Waals surface area contributed by atoms with Crippen molar-refractivity contribution in [2.24, 2.45) is 0 Å². The van der Waals surface area contributed by atoms with Crippen LogP contribution in [0.2, 0.25) is 5.02 Å². The van der Waals surface area contributed by atoms with Crippen molar-refractivity contribution >= 4 is 55.1 Å². The van der Waals surface area contributed by atoms with Crippen LogP contribution >= 0.6 is 27.5 Å². The van der Waals surface area contributed by atoms with Crippen molar-refractivity contribution in [3.63, 3.8) is 0 Å². The van der Waals surface area contributed by atoms with E-state index in [1.807, 2.05) is 57.2 Å². The average Bonchev–Trinajstić information content (AvgIpc) is 2.84. The lowest BCUT2D eigenvalue weighted by atomic mass is 10.0. The lowest BCUT2D eigenvalue weighted by Gasteiger charge is -2.35. The van der Waals surface area contributed by atoms with E-state index in [1.165, 1.54) is 4.90 Å². The molecule has 0 bridgehead atoms. The maximum atomic E-state index is 14.1. The van der Waals surface area contributed by atoms with E-state index in [-0.39, 0.29) is 18.9 Å². The molecule has 0 aliphatic heterocycles. The van der Waals surface area contributed by atoms with E-state index in [2.05, 4.69) is 21.2 Å². The molecule has 3 rings (SSSR count). The molecule has 39 heavy (non-hydrogen) atoms. The predicted octanol–water partition coefficient (Wildman–Crippen LogP) is 5.42. The van der Waals surface area contributed by atoms with E-state index in [0.29, 0.717) is 20.7 Å². The number of hydrogen-bond acceptors (Lipinski definition) is 4. The summed E-state index contributed by atoms with van der Waals surface area (Å²) in [6, 6.07) is 22.3. The lowest BCUT2D eigenvalue weighted by molar-refractivity contribution is -0.140. The van der Waals surface area contributed by atoms with E-state index < -0.39 is 34.1 Å². The van der Waals surface area contributed by atoms with Gasteiger partial charge in [-0.2, -0.15) is 0 Å². The van der Waals surface area contributed by atoms with Crippen LogP contribution in [-0.2, 0) is 32.6 Å². The zero-order valence-electron chi connectivity index (χ0n) is 22.4. The van der Waals surface area contributed by atoms with E-state index in [4.69, 9.17) is 11.6 Å². The van der Waals surface area contributed by atoms with Gasteiger partial charge in [0.15, 0.2) is 0 Å². The number of rotatable bonds is 10. The van der Waals surface area contributed by atoms with Gasteiger partial charge in [0.1, 0.15) is 12.6 Å². The maximum Gasteiger partial charge on any atom is 0.244 e. The van der Waals surface area contributed by atoms with Crippen LogP contribution in [0.4, 0.5) is 5.69 Å². The molecule has 10 heteroatoms. The number of sulfonamides is 1. The molecule has 0 spiro atoms. The lowest BCUT2D eigenvalue weighted by Crippen LogP contribution is -2.56. The molecule has 3 aromatic carbocycles. The first-order chi connectivity index (χ1) is 18.2. The van der Waals surface area contributed by atoms with Gasteiger partial charge in [-0.15, -0.1) is 0 Å². The summed E-state index contributed by atoms with van der Waals surface area (Å²) < 4.78 is 27.3. The van der Waals surface area contributed by atoms with Crippen molar-refractivity contribution in [1.29, 1.82) is 0 Å². The van der Waals surface area contributed by atoms with E-state index >= 15 is 0 Å². The number of nitrogens with one attached hydrogen (secondary N) is 1. The molecule has 0 saturated heterocycles. The zero-order valence-corrected chi connectivity index (χ0v) is 25.6. The van der Waals surface area contributed by atoms with E-state index in [0.717, 1.165) is 16.1 Å². The Morgan fingerprint density at radius 2 is 1.56 bits per heavy atom. The van der Waals surface area contributed by atoms with Gasteiger partial charge in [0, 0.05) is 28.0 Å². The Balaban J connectivity index is 2.09. The standard InChI is InChI=1S/C29H33BrClN3O4S/c1-29(2,3)32-28(36)26(18-21-11-6-5-7-12-21)33(19-22-13-10-14-23(31)17-22)27(35)20-34(39(4,37)38)25-16-9-8-15-24(25)30/h5-17,26H,18-20H2,1-4H3,(H,32,36)/t26-/m1/s1. The molecule has 7 nitrogen and oxygen atoms in total. The monoisotopic (exact) mass is 633 g/mol. The summed E-state index contributed by atoms with van der Waals surface area (Å²) in [5, 5.41) is 3.49. The number of carbonyl (C=O) groups is 2. The minimum absolute atomic E-state index is 0.0576. The normalized spacial score (nSPS) is 12.5. The average molecular weight is 635 g/mol. The van der Waals surface area contributed by atoms with Gasteiger partial charge >= 0.3 is 0 Å². The Labute approximate surface area is 244 Å². The van der Waals surface area contributed by atoms with Crippen molar-refractivity contribution in [2.45, 2.75) is 45.3 Å². The highest BCUT2D eigenvalue weighted by Crippen LogP contribution is 2.28. The molecule has 0 heterocycles. The second kappa shape index (κ2) is 13.0. The van der Waals surface area contributed by atoms with Gasteiger partial charge in [0.2, 0.25) is 21.8 Å². The number of carbonyl (C=O) groups excluding carboxylic acids is 2. The molecule has 1 atom stereocenters. The molecule has 1 N–H and O–H groups in total. The van der Waals surface area contributed by atoms with Gasteiger partial charge in [-0.3, -0.25) is 13.9 Å². The molecule has 0 fully saturated rings. The smallest absolute Gasteiger partial charge is 0.244 e. The first-order valence-electron chi connectivity index (χ1n) is 12.4. The first kappa shape index (κ1) is 30.7. The van der Waals surface area contributed by atoms with Crippen LogP contribution in [0.1, 0.15) is 31.9 Å². The number of anilines is 1. The van der Waals surface area contributed by atoms with Gasteiger partial charge in [-0.05, 0) is 72.1 Å². The Morgan fingerprint density at radius 1 is 0.949 bits per heavy atom. The minimum atomic E-state index is -3.85. The largest absolute Gasteiger partial charge is 0.350 e. The van der Waals surface area contributed by atoms with Crippen LogP contribution in [0, 0.1) is 0 Å². The summed E-state index contributed by atoms with van der Waals surface area (Å²) >= 11 is 9.63. The summed E-state index contributed by atoms with van der Waals surface area (Å²) in [6.45, 7) is 5.17. The van der Waals surface area contributed by atoms with Crippen molar-refractivity contribution in [2.75, 3.05) is 17.1 Å². The number of amides is 2.